The van der Waals surface area contributed by atoms with E-state index in [-0.39, 0.29) is 18.7 Å². The lowest BCUT2D eigenvalue weighted by molar-refractivity contribution is -0.137. The van der Waals surface area contributed by atoms with Crippen molar-refractivity contribution in [3.05, 3.63) is 89.6 Å². The Bertz CT molecular complexity index is 1410. The molecule has 1 aromatic heterocycles. The van der Waals surface area contributed by atoms with Gasteiger partial charge in [0.25, 0.3) is 5.91 Å². The molecule has 2 saturated heterocycles. The van der Waals surface area contributed by atoms with E-state index in [1.54, 1.807) is 42.5 Å². The van der Waals surface area contributed by atoms with Gasteiger partial charge in [0, 0.05) is 30.4 Å². The first kappa shape index (κ1) is 23.2. The van der Waals surface area contributed by atoms with E-state index in [4.69, 9.17) is 0 Å². The molecule has 2 aromatic carbocycles. The number of carbonyl (C=O) groups excluding carboxylic acids is 3. The number of halogens is 2. The number of pyridine rings is 1. The Morgan fingerprint density at radius 1 is 0.889 bits per heavy atom. The van der Waals surface area contributed by atoms with Crippen LogP contribution in [0.15, 0.2) is 66.9 Å². The third kappa shape index (κ3) is 3.86. The van der Waals surface area contributed by atoms with Crippen LogP contribution in [0, 0.1) is 23.5 Å². The lowest BCUT2D eigenvalue weighted by Gasteiger charge is -2.51. The highest BCUT2D eigenvalue weighted by atomic mass is 19.1. The number of hydrogen-bond acceptors (Lipinski definition) is 4. The summed E-state index contributed by atoms with van der Waals surface area (Å²) in [6.07, 6.45) is 1.10. The normalized spacial score (nSPS) is 19.6. The molecular weight excluding hydrogens is 466 g/mol. The molecule has 1 unspecified atom stereocenters. The number of piperazine rings is 1. The zero-order valence-corrected chi connectivity index (χ0v) is 19.2. The van der Waals surface area contributed by atoms with Crippen LogP contribution in [0.5, 0.6) is 0 Å². The fourth-order valence-corrected chi connectivity index (χ4v) is 4.50. The van der Waals surface area contributed by atoms with Crippen LogP contribution in [0.2, 0.25) is 0 Å². The number of carbonyl (C=O) groups is 3. The maximum absolute atomic E-state index is 15.1. The molecule has 0 spiro atoms. The summed E-state index contributed by atoms with van der Waals surface area (Å²) in [5.74, 6) is 2.33. The van der Waals surface area contributed by atoms with Gasteiger partial charge in [-0.1, -0.05) is 36.1 Å². The molecule has 5 rings (SSSR count). The van der Waals surface area contributed by atoms with Crippen molar-refractivity contribution in [2.24, 2.45) is 0 Å². The molecule has 0 aliphatic carbocycles. The standard InChI is InChI=1S/C27H20F2N4O3/c1-27-17-23(34)33(26(36)32(27)14-13-31(25(27)35)22-9-5-6-12-30-22)24-20(28)15-19(16-21(24)29)11-10-18-7-3-2-4-8-18/h2-9,12,15-16H,13-14,17H2,1H3. The molecule has 1 atom stereocenters. The van der Waals surface area contributed by atoms with E-state index in [2.05, 4.69) is 16.8 Å². The Morgan fingerprint density at radius 3 is 2.22 bits per heavy atom. The molecule has 0 bridgehead atoms. The fourth-order valence-electron chi connectivity index (χ4n) is 4.50. The van der Waals surface area contributed by atoms with Gasteiger partial charge in [0.15, 0.2) is 11.6 Å². The molecule has 2 fully saturated rings. The predicted molar refractivity (Wildman–Crippen MR) is 128 cm³/mol. The van der Waals surface area contributed by atoms with Crippen LogP contribution in [0.4, 0.5) is 25.1 Å². The first-order valence-corrected chi connectivity index (χ1v) is 11.2. The van der Waals surface area contributed by atoms with Gasteiger partial charge in [0.1, 0.15) is 17.0 Å². The first-order valence-electron chi connectivity index (χ1n) is 11.2. The third-order valence-electron chi connectivity index (χ3n) is 6.31. The summed E-state index contributed by atoms with van der Waals surface area (Å²) in [6, 6.07) is 15.0. The summed E-state index contributed by atoms with van der Waals surface area (Å²) in [4.78, 5) is 47.0. The topological polar surface area (TPSA) is 73.8 Å². The molecule has 0 N–H and O–H groups in total. The number of urea groups is 1. The van der Waals surface area contributed by atoms with Crippen LogP contribution in [-0.4, -0.2) is 46.4 Å². The number of amides is 4. The van der Waals surface area contributed by atoms with Crippen molar-refractivity contribution in [1.29, 1.82) is 0 Å². The predicted octanol–water partition coefficient (Wildman–Crippen LogP) is 3.72. The van der Waals surface area contributed by atoms with Gasteiger partial charge in [0.05, 0.1) is 6.42 Å². The lowest BCUT2D eigenvalue weighted by atomic mass is 9.88. The van der Waals surface area contributed by atoms with E-state index in [0.29, 0.717) is 16.3 Å². The number of nitrogens with zero attached hydrogens (tertiary/aromatic N) is 4. The average Bonchev–Trinajstić information content (AvgIpc) is 2.86. The van der Waals surface area contributed by atoms with Gasteiger partial charge in [0.2, 0.25) is 5.91 Å². The summed E-state index contributed by atoms with van der Waals surface area (Å²) in [6.45, 7) is 1.66. The molecule has 3 aromatic rings. The van der Waals surface area contributed by atoms with Crippen LogP contribution >= 0.6 is 0 Å². The van der Waals surface area contributed by atoms with Crippen molar-refractivity contribution < 1.29 is 23.2 Å². The molecule has 3 heterocycles. The van der Waals surface area contributed by atoms with E-state index >= 15 is 8.78 Å². The largest absolute Gasteiger partial charge is 0.332 e. The minimum absolute atomic E-state index is 0.0542. The van der Waals surface area contributed by atoms with Gasteiger partial charge in [-0.3, -0.25) is 14.5 Å². The highest BCUT2D eigenvalue weighted by Crippen LogP contribution is 2.37. The van der Waals surface area contributed by atoms with Gasteiger partial charge in [-0.2, -0.15) is 0 Å². The number of aromatic nitrogens is 1. The number of benzene rings is 2. The highest BCUT2D eigenvalue weighted by Gasteiger charge is 2.56. The number of imide groups is 1. The summed E-state index contributed by atoms with van der Waals surface area (Å²) in [5, 5.41) is 0. The van der Waals surface area contributed by atoms with Crippen molar-refractivity contribution in [3.8, 4) is 11.8 Å². The molecule has 4 amide bonds. The third-order valence-corrected chi connectivity index (χ3v) is 6.31. The maximum Gasteiger partial charge on any atom is 0.332 e. The average molecular weight is 486 g/mol. The van der Waals surface area contributed by atoms with E-state index in [9.17, 15) is 14.4 Å². The maximum atomic E-state index is 15.1. The van der Waals surface area contributed by atoms with Gasteiger partial charge in [-0.25, -0.2) is 23.5 Å². The molecule has 0 saturated carbocycles. The molecule has 9 heteroatoms. The molecule has 2 aliphatic rings. The van der Waals surface area contributed by atoms with Crippen molar-refractivity contribution in [2.45, 2.75) is 18.9 Å². The first-order chi connectivity index (χ1) is 17.3. The Kier molecular flexibility index (Phi) is 5.72. The minimum Gasteiger partial charge on any atom is -0.307 e. The van der Waals surface area contributed by atoms with E-state index in [0.717, 1.165) is 12.1 Å². The molecular formula is C27H20F2N4O3. The van der Waals surface area contributed by atoms with Crippen molar-refractivity contribution in [2.75, 3.05) is 22.9 Å². The Balaban J connectivity index is 1.45. The second kappa shape index (κ2) is 8.89. The fraction of sp³-hybridized carbons (Fsp3) is 0.185. The number of fused-ring (bicyclic) bond motifs is 1. The number of rotatable bonds is 2. The zero-order chi connectivity index (χ0) is 25.4. The van der Waals surface area contributed by atoms with Crippen LogP contribution in [0.1, 0.15) is 24.5 Å². The Morgan fingerprint density at radius 2 is 1.56 bits per heavy atom. The molecule has 36 heavy (non-hydrogen) atoms. The summed E-state index contributed by atoms with van der Waals surface area (Å²) in [7, 11) is 0. The monoisotopic (exact) mass is 486 g/mol. The van der Waals surface area contributed by atoms with E-state index < -0.39 is 47.1 Å². The van der Waals surface area contributed by atoms with Crippen LogP contribution in [-0.2, 0) is 9.59 Å². The number of anilines is 2. The van der Waals surface area contributed by atoms with E-state index in [1.165, 1.54) is 22.9 Å². The summed E-state index contributed by atoms with van der Waals surface area (Å²) in [5.41, 5.74) is -1.57. The van der Waals surface area contributed by atoms with Gasteiger partial charge in [-0.05, 0) is 43.3 Å². The van der Waals surface area contributed by atoms with Gasteiger partial charge < -0.3 is 4.90 Å². The number of hydrogen-bond donors (Lipinski definition) is 0. The molecule has 2 aliphatic heterocycles. The summed E-state index contributed by atoms with van der Waals surface area (Å²) >= 11 is 0. The van der Waals surface area contributed by atoms with Gasteiger partial charge >= 0.3 is 6.03 Å². The van der Waals surface area contributed by atoms with Crippen molar-refractivity contribution in [3.63, 3.8) is 0 Å². The minimum atomic E-state index is -1.51. The second-order valence-corrected chi connectivity index (χ2v) is 8.66. The SMILES string of the molecule is CC12CC(=O)N(c3c(F)cc(C#Cc4ccccc4)cc3F)C(=O)N1CCN(c1ccccn1)C2=O. The van der Waals surface area contributed by atoms with Gasteiger partial charge in [-0.15, -0.1) is 0 Å². The van der Waals surface area contributed by atoms with Crippen LogP contribution in [0.3, 0.4) is 0 Å². The molecule has 7 nitrogen and oxygen atoms in total. The quantitative estimate of drug-likeness (QED) is 0.518. The molecule has 180 valence electrons. The molecule has 0 radical (unpaired) electrons. The van der Waals surface area contributed by atoms with Crippen LogP contribution < -0.4 is 9.80 Å². The lowest BCUT2D eigenvalue weighted by Crippen LogP contribution is -2.73. The Labute approximate surface area is 205 Å². The second-order valence-electron chi connectivity index (χ2n) is 8.66. The Hall–Kier alpha value is -4.58. The van der Waals surface area contributed by atoms with Crippen LogP contribution in [0.25, 0.3) is 0 Å². The van der Waals surface area contributed by atoms with Crippen molar-refractivity contribution >= 4 is 29.4 Å². The smallest absolute Gasteiger partial charge is 0.307 e. The zero-order valence-electron chi connectivity index (χ0n) is 19.2. The summed E-state index contributed by atoms with van der Waals surface area (Å²) < 4.78 is 30.2. The van der Waals surface area contributed by atoms with Crippen molar-refractivity contribution in [1.82, 2.24) is 9.88 Å². The van der Waals surface area contributed by atoms with E-state index in [1.807, 2.05) is 6.07 Å². The highest BCUT2D eigenvalue weighted by molar-refractivity contribution is 6.20.